The van der Waals surface area contributed by atoms with E-state index in [1.165, 1.54) is 0 Å². The predicted octanol–water partition coefficient (Wildman–Crippen LogP) is -20.6. The summed E-state index contributed by atoms with van der Waals surface area (Å²) in [5.74, 6) is 0. The van der Waals surface area contributed by atoms with Gasteiger partial charge in [-0.1, -0.05) is 0 Å². The Hall–Kier alpha value is -1.84. The minimum Gasteiger partial charge on any atom is -0.394 e. The van der Waals surface area contributed by atoms with E-state index >= 15 is 0 Å². The zero-order valence-electron chi connectivity index (χ0n) is 52.3. The molecule has 0 amide bonds. The van der Waals surface area contributed by atoms with E-state index in [1.807, 2.05) is 0 Å². The lowest BCUT2D eigenvalue weighted by Gasteiger charge is -2.50. The van der Waals surface area contributed by atoms with E-state index in [9.17, 15) is 148 Å². The van der Waals surface area contributed by atoms with Gasteiger partial charge in [-0.05, 0) is 0 Å². The van der Waals surface area contributed by atoms with Crippen molar-refractivity contribution in [3.63, 3.8) is 0 Å². The Labute approximate surface area is 563 Å². The van der Waals surface area contributed by atoms with Crippen LogP contribution >= 0.6 is 0 Å². The van der Waals surface area contributed by atoms with Gasteiger partial charge in [0.2, 0.25) is 0 Å². The van der Waals surface area contributed by atoms with Crippen LogP contribution in [0.5, 0.6) is 0 Å². The van der Waals surface area contributed by atoms with Crippen molar-refractivity contribution in [3.05, 3.63) is 0 Å². The molecule has 0 aromatic carbocycles. The van der Waals surface area contributed by atoms with Crippen molar-refractivity contribution in [1.29, 1.82) is 0 Å². The van der Waals surface area contributed by atoms with Gasteiger partial charge in [0.25, 0.3) is 0 Å². The molecule has 9 saturated heterocycles. The van der Waals surface area contributed by atoms with Crippen LogP contribution in [-0.2, 0) is 80.5 Å². The third-order valence-corrected chi connectivity index (χ3v) is 18.8. The van der Waals surface area contributed by atoms with Crippen molar-refractivity contribution in [3.8, 4) is 0 Å². The molecular weight excluding hydrogens is 1380 g/mol. The predicted molar refractivity (Wildman–Crippen MR) is 297 cm³/mol. The number of aliphatic hydroxyl groups is 29. The molecule has 45 atom stereocenters. The summed E-state index contributed by atoms with van der Waals surface area (Å²) in [6.45, 7) is -9.29. The largest absolute Gasteiger partial charge is 0.394 e. The molecule has 29 N–H and O–H groups in total. The Morgan fingerprint density at radius 3 is 0.460 bits per heavy atom. The summed E-state index contributed by atoms with van der Waals surface area (Å²) >= 11 is 0. The molecule has 0 spiro atoms. The molecular formula is C54H92O46. The van der Waals surface area contributed by atoms with Gasteiger partial charge in [0, 0.05) is 0 Å². The third kappa shape index (κ3) is 16.7. The number of hydrogen-bond donors (Lipinski definition) is 29. The highest BCUT2D eigenvalue weighted by atomic mass is 16.8. The molecule has 9 aliphatic heterocycles. The molecule has 584 valence electrons. The maximum Gasteiger partial charge on any atom is 0.187 e. The Balaban J connectivity index is 0.771. The summed E-state index contributed by atoms with van der Waals surface area (Å²) in [7, 11) is 0. The molecule has 0 aliphatic carbocycles. The highest BCUT2D eigenvalue weighted by Gasteiger charge is 2.60. The fourth-order valence-corrected chi connectivity index (χ4v) is 13.0. The van der Waals surface area contributed by atoms with E-state index in [-0.39, 0.29) is 0 Å². The number of hydrogen-bond acceptors (Lipinski definition) is 46. The van der Waals surface area contributed by atoms with Crippen LogP contribution in [0.15, 0.2) is 0 Å². The molecule has 0 aromatic rings. The van der Waals surface area contributed by atoms with Gasteiger partial charge in [0.05, 0.1) is 59.5 Å². The maximum atomic E-state index is 11.5. The summed E-state index contributed by atoms with van der Waals surface area (Å²) in [4.78, 5) is 0. The zero-order chi connectivity index (χ0) is 73.4. The molecule has 18 unspecified atom stereocenters. The minimum atomic E-state index is -2.30. The second-order valence-electron chi connectivity index (χ2n) is 25.2. The average Bonchev–Trinajstić information content (AvgIpc) is 0.777. The van der Waals surface area contributed by atoms with Gasteiger partial charge in [-0.2, -0.15) is 0 Å². The quantitative estimate of drug-likeness (QED) is 0.0404. The Morgan fingerprint density at radius 2 is 0.290 bits per heavy atom. The third-order valence-electron chi connectivity index (χ3n) is 18.8. The van der Waals surface area contributed by atoms with Gasteiger partial charge < -0.3 is 229 Å². The summed E-state index contributed by atoms with van der Waals surface area (Å²) in [5, 5.41) is 311. The first kappa shape index (κ1) is 82.2. The first-order chi connectivity index (χ1) is 47.5. The van der Waals surface area contributed by atoms with Crippen molar-refractivity contribution in [2.45, 2.75) is 276 Å². The topological polar surface area (TPSA) is 744 Å². The molecule has 9 aliphatic rings. The van der Waals surface area contributed by atoms with Gasteiger partial charge in [-0.3, -0.25) is 0 Å². The van der Waals surface area contributed by atoms with Gasteiger partial charge in [0.15, 0.2) is 56.6 Å². The van der Waals surface area contributed by atoms with Crippen LogP contribution in [0, 0.1) is 0 Å². The number of ether oxygens (including phenoxy) is 17. The standard InChI is InChI=1S/C54H92O46/c55-1-10-19(64)20(65)30(75)47(85-10)94-39-12(3-57)87-49(32(77)22(39)67)96-41-14(5-59)89-51(34(79)24(41)69)98-43-16(7-61)91-53(36(81)26(43)71)100-45-18(9-63)92-54(37(82)28(45)73)99-44-17(8-62)90-52(35(80)27(44)72)97-42-15(6-60)88-50(33(78)25(42)70)95-40-13(4-58)86-48(31(76)23(40)68)93-38-11(2-56)84-46(83)29(74)21(38)66/h10-83H,1-9H2/t10?,11?,12?,13?,14?,15?,16?,17?,18?,19-,20+,21-,22-,23-,24-,25-,26-,27-,28-,29?,30?,31?,32?,33?,34?,35?,36?,37?,38-,39-,40-,41-,42-,43-,44-,45-,46-,47+,48+,49+,50+,51+,52+,53+,54+/m1/s1. The van der Waals surface area contributed by atoms with E-state index < -0.39 is 336 Å². The zero-order valence-corrected chi connectivity index (χ0v) is 52.3. The second-order valence-corrected chi connectivity index (χ2v) is 25.2. The summed E-state index contributed by atoms with van der Waals surface area (Å²) in [5.41, 5.74) is 0. The lowest BCUT2D eigenvalue weighted by molar-refractivity contribution is -0.400. The normalized spacial score (nSPS) is 53.7. The Kier molecular flexibility index (Phi) is 29.2. The monoisotopic (exact) mass is 1480 g/mol. The van der Waals surface area contributed by atoms with Crippen molar-refractivity contribution in [1.82, 2.24) is 0 Å². The summed E-state index contributed by atoms with van der Waals surface area (Å²) < 4.78 is 94.9. The lowest BCUT2D eigenvalue weighted by atomic mass is 9.95. The molecule has 9 heterocycles. The van der Waals surface area contributed by atoms with E-state index in [0.29, 0.717) is 0 Å². The first-order valence-corrected chi connectivity index (χ1v) is 31.7. The minimum absolute atomic E-state index is 0.862. The molecule has 0 bridgehead atoms. The van der Waals surface area contributed by atoms with Crippen LogP contribution in [0.4, 0.5) is 0 Å². The Morgan fingerprint density at radius 1 is 0.150 bits per heavy atom. The lowest BCUT2D eigenvalue weighted by Crippen LogP contribution is -2.68. The fourth-order valence-electron chi connectivity index (χ4n) is 13.0. The highest BCUT2D eigenvalue weighted by molar-refractivity contribution is 5.02. The summed E-state index contributed by atoms with van der Waals surface area (Å²) in [6.07, 6.45) is -89.5. The van der Waals surface area contributed by atoms with Gasteiger partial charge in [0.1, 0.15) is 220 Å². The SMILES string of the molecule is OCC1O[C@@H](O[C@@H]2C(CO)O[C@@H](O[C@@H]3C(CO)O[C@@H](O[C@@H]4C(CO)O[C@@H](O[C@@H]5C(CO)O[C@@H](O[C@@H]6C(CO)O[C@@H](O[C@@H]7C(CO)O[C@@H](O[C@@H]8C(CO)O[C@@H](O[C@@H]9C(CO)O[C@@H](O)C(O)[C@H]9O)C(O)[C@H]8O)C(O)[C@H]7O)C(O)[C@H]6O)C(O)[C@H]5O)C(O)[C@H]4O)C(O)[C@H]3O)C(O)[C@H]2O)C(O)[C@@H](O)[C@@H]1O. The van der Waals surface area contributed by atoms with Crippen LogP contribution in [0.25, 0.3) is 0 Å². The molecule has 9 fully saturated rings. The van der Waals surface area contributed by atoms with Crippen molar-refractivity contribution >= 4 is 0 Å². The smallest absolute Gasteiger partial charge is 0.187 e. The number of aliphatic hydroxyl groups excluding tert-OH is 29. The van der Waals surface area contributed by atoms with Crippen molar-refractivity contribution in [2.75, 3.05) is 59.5 Å². The van der Waals surface area contributed by atoms with Crippen LogP contribution in [-0.4, -0.2) is 484 Å². The molecule has 0 saturated carbocycles. The maximum absolute atomic E-state index is 11.5. The second kappa shape index (κ2) is 35.5. The van der Waals surface area contributed by atoms with Crippen LogP contribution < -0.4 is 0 Å². The Bertz CT molecular complexity index is 2440. The molecule has 0 aromatic heterocycles. The van der Waals surface area contributed by atoms with Crippen molar-refractivity contribution < 1.29 is 229 Å². The summed E-state index contributed by atoms with van der Waals surface area (Å²) in [6, 6.07) is 0. The van der Waals surface area contributed by atoms with Gasteiger partial charge in [-0.25, -0.2) is 0 Å². The van der Waals surface area contributed by atoms with Crippen molar-refractivity contribution in [2.24, 2.45) is 0 Å². The van der Waals surface area contributed by atoms with E-state index in [4.69, 9.17) is 80.5 Å². The van der Waals surface area contributed by atoms with Crippen LogP contribution in [0.3, 0.4) is 0 Å². The van der Waals surface area contributed by atoms with Gasteiger partial charge in [-0.15, -0.1) is 0 Å². The molecule has 9 rings (SSSR count). The first-order valence-electron chi connectivity index (χ1n) is 31.7. The van der Waals surface area contributed by atoms with Crippen LogP contribution in [0.1, 0.15) is 0 Å². The average molecular weight is 1480 g/mol. The van der Waals surface area contributed by atoms with Crippen LogP contribution in [0.2, 0.25) is 0 Å². The van der Waals surface area contributed by atoms with E-state index in [2.05, 4.69) is 0 Å². The van der Waals surface area contributed by atoms with E-state index in [0.717, 1.165) is 0 Å². The molecule has 46 heteroatoms. The number of rotatable bonds is 25. The highest BCUT2D eigenvalue weighted by Crippen LogP contribution is 2.40. The fraction of sp³-hybridized carbons (Fsp3) is 1.00. The molecule has 100 heavy (non-hydrogen) atoms. The van der Waals surface area contributed by atoms with E-state index in [1.54, 1.807) is 0 Å². The van der Waals surface area contributed by atoms with Gasteiger partial charge >= 0.3 is 0 Å². The molecule has 0 radical (unpaired) electrons. The molecule has 46 nitrogen and oxygen atoms in total.